The molecule has 7 heteroatoms. The van der Waals surface area contributed by atoms with E-state index < -0.39 is 11.5 Å². The second kappa shape index (κ2) is 4.57. The molecule has 3 N–H and O–H groups in total. The number of hydrogen-bond acceptors (Lipinski definition) is 5. The minimum absolute atomic E-state index is 0.0763. The van der Waals surface area contributed by atoms with Crippen LogP contribution in [0.5, 0.6) is 0 Å². The Morgan fingerprint density at radius 3 is 2.58 bits per heavy atom. The smallest absolute Gasteiger partial charge is 0.340 e. The third-order valence-electron chi connectivity index (χ3n) is 3.55. The monoisotopic (exact) mass is 283 g/mol. The van der Waals surface area contributed by atoms with Crippen molar-refractivity contribution in [2.45, 2.75) is 32.2 Å². The number of aryl methyl sites for hydroxylation is 1. The fourth-order valence-electron chi connectivity index (χ4n) is 2.14. The number of nitrogens with two attached hydrogens (primary N) is 1. The molecule has 1 saturated carbocycles. The van der Waals surface area contributed by atoms with Gasteiger partial charge in [-0.2, -0.15) is 4.37 Å². The van der Waals surface area contributed by atoms with Crippen LogP contribution in [0.15, 0.2) is 0 Å². The van der Waals surface area contributed by atoms with Crippen molar-refractivity contribution in [1.29, 1.82) is 0 Å². The molecular weight excluding hydrogens is 266 g/mol. The molecule has 6 nitrogen and oxygen atoms in total. The first-order valence-electron chi connectivity index (χ1n) is 6.03. The van der Waals surface area contributed by atoms with E-state index in [9.17, 15) is 14.7 Å². The number of carboxylic acid groups (broad SMARTS) is 1. The number of hydrogen-bond donors (Lipinski definition) is 2. The minimum atomic E-state index is -1.08. The van der Waals surface area contributed by atoms with Crippen molar-refractivity contribution in [2.75, 3.05) is 11.9 Å². The molecule has 1 aromatic rings. The predicted molar refractivity (Wildman–Crippen MR) is 72.5 cm³/mol. The second-order valence-corrected chi connectivity index (χ2v) is 5.93. The molecule has 2 rings (SSSR count). The van der Waals surface area contributed by atoms with Gasteiger partial charge in [-0.3, -0.25) is 4.79 Å². The molecule has 19 heavy (non-hydrogen) atoms. The normalized spacial score (nSPS) is 17.9. The highest BCUT2D eigenvalue weighted by Gasteiger charge is 2.46. The van der Waals surface area contributed by atoms with Gasteiger partial charge in [0, 0.05) is 7.05 Å². The van der Waals surface area contributed by atoms with Crippen molar-refractivity contribution in [3.05, 3.63) is 11.3 Å². The molecule has 0 radical (unpaired) electrons. The van der Waals surface area contributed by atoms with Gasteiger partial charge >= 0.3 is 5.97 Å². The lowest BCUT2D eigenvalue weighted by molar-refractivity contribution is -0.123. The zero-order valence-corrected chi connectivity index (χ0v) is 12.0. The average Bonchev–Trinajstić information content (AvgIpc) is 3.11. The van der Waals surface area contributed by atoms with Gasteiger partial charge in [-0.25, -0.2) is 4.79 Å². The van der Waals surface area contributed by atoms with Crippen molar-refractivity contribution < 1.29 is 14.7 Å². The highest BCUT2D eigenvalue weighted by Crippen LogP contribution is 2.40. The van der Waals surface area contributed by atoms with Gasteiger partial charge in [-0.1, -0.05) is 0 Å². The molecule has 1 aliphatic rings. The molecule has 0 aromatic carbocycles. The lowest BCUT2D eigenvalue weighted by Gasteiger charge is -2.28. The van der Waals surface area contributed by atoms with Crippen LogP contribution >= 0.6 is 11.5 Å². The average molecular weight is 283 g/mol. The van der Waals surface area contributed by atoms with E-state index in [0.29, 0.717) is 10.7 Å². The number of anilines is 1. The largest absolute Gasteiger partial charge is 0.478 e. The van der Waals surface area contributed by atoms with Crippen molar-refractivity contribution in [3.8, 4) is 0 Å². The van der Waals surface area contributed by atoms with E-state index in [2.05, 4.69) is 4.37 Å². The van der Waals surface area contributed by atoms with E-state index in [-0.39, 0.29) is 17.4 Å². The Bertz CT molecular complexity index is 534. The van der Waals surface area contributed by atoms with Crippen LogP contribution in [0.25, 0.3) is 0 Å². The van der Waals surface area contributed by atoms with Crippen LogP contribution in [0.1, 0.15) is 35.8 Å². The molecule has 0 bridgehead atoms. The summed E-state index contributed by atoms with van der Waals surface area (Å²) in [6, 6.07) is 0. The first-order valence-corrected chi connectivity index (χ1v) is 6.80. The van der Waals surface area contributed by atoms with Gasteiger partial charge in [0.15, 0.2) is 0 Å². The zero-order chi connectivity index (χ0) is 14.4. The van der Waals surface area contributed by atoms with E-state index >= 15 is 0 Å². The van der Waals surface area contributed by atoms with Gasteiger partial charge in [0.05, 0.1) is 11.2 Å². The van der Waals surface area contributed by atoms with E-state index in [0.717, 1.165) is 24.4 Å². The molecule has 1 aliphatic carbocycles. The standard InChI is InChI=1S/C12H17N3O3S/c1-6-8(10(16)17)9(19-14-6)15(3)11(18)12(2,13)7-4-5-7/h7H,4-5,13H2,1-3H3,(H,16,17). The van der Waals surface area contributed by atoms with Crippen LogP contribution in [-0.4, -0.2) is 33.9 Å². The molecule has 0 saturated heterocycles. The lowest BCUT2D eigenvalue weighted by atomic mass is 9.95. The number of aromatic carboxylic acids is 1. The van der Waals surface area contributed by atoms with Gasteiger partial charge in [0.2, 0.25) is 5.91 Å². The fraction of sp³-hybridized carbons (Fsp3) is 0.583. The Hall–Kier alpha value is -1.47. The van der Waals surface area contributed by atoms with E-state index in [1.54, 1.807) is 20.9 Å². The molecule has 0 aliphatic heterocycles. The first kappa shape index (κ1) is 14.0. The predicted octanol–water partition coefficient (Wildman–Crippen LogP) is 1.24. The minimum Gasteiger partial charge on any atom is -0.478 e. The third-order valence-corrected chi connectivity index (χ3v) is 4.57. The molecule has 1 unspecified atom stereocenters. The number of carbonyl (C=O) groups is 2. The van der Waals surface area contributed by atoms with Gasteiger partial charge in [0.1, 0.15) is 10.6 Å². The van der Waals surface area contributed by atoms with Crippen LogP contribution in [-0.2, 0) is 4.79 Å². The summed E-state index contributed by atoms with van der Waals surface area (Å²) in [6.07, 6.45) is 1.89. The summed E-state index contributed by atoms with van der Waals surface area (Å²) in [5, 5.41) is 9.53. The number of aromatic nitrogens is 1. The molecule has 1 amide bonds. The topological polar surface area (TPSA) is 96.5 Å². The number of nitrogens with zero attached hydrogens (tertiary/aromatic N) is 2. The van der Waals surface area contributed by atoms with E-state index in [4.69, 9.17) is 5.73 Å². The molecular formula is C12H17N3O3S. The van der Waals surface area contributed by atoms with Crippen LogP contribution in [0, 0.1) is 12.8 Å². The summed E-state index contributed by atoms with van der Waals surface area (Å²) < 4.78 is 4.01. The van der Waals surface area contributed by atoms with E-state index in [1.807, 2.05) is 0 Å². The quantitative estimate of drug-likeness (QED) is 0.866. The number of amides is 1. The van der Waals surface area contributed by atoms with Crippen molar-refractivity contribution >= 4 is 28.4 Å². The SMILES string of the molecule is Cc1nsc(N(C)C(=O)C(C)(N)C2CC2)c1C(=O)O. The number of carbonyl (C=O) groups excluding carboxylic acids is 1. The maximum Gasteiger partial charge on any atom is 0.340 e. The Morgan fingerprint density at radius 2 is 2.11 bits per heavy atom. The first-order chi connectivity index (χ1) is 8.76. The molecule has 1 fully saturated rings. The molecule has 1 aromatic heterocycles. The Kier molecular flexibility index (Phi) is 3.36. The molecule has 104 valence electrons. The summed E-state index contributed by atoms with van der Waals surface area (Å²) in [5.41, 5.74) is 5.63. The van der Waals surface area contributed by atoms with Crippen LogP contribution in [0.3, 0.4) is 0 Å². The summed E-state index contributed by atoms with van der Waals surface area (Å²) >= 11 is 1.01. The molecule has 0 spiro atoms. The van der Waals surface area contributed by atoms with Crippen molar-refractivity contribution in [3.63, 3.8) is 0 Å². The number of rotatable bonds is 4. The molecule has 1 atom stereocenters. The zero-order valence-electron chi connectivity index (χ0n) is 11.1. The maximum atomic E-state index is 12.4. The Labute approximate surface area is 115 Å². The Balaban J connectivity index is 2.31. The van der Waals surface area contributed by atoms with Gasteiger partial charge in [-0.05, 0) is 44.1 Å². The van der Waals surface area contributed by atoms with Crippen LogP contribution in [0.2, 0.25) is 0 Å². The summed E-state index contributed by atoms with van der Waals surface area (Å²) in [4.78, 5) is 25.0. The van der Waals surface area contributed by atoms with Crippen molar-refractivity contribution in [2.24, 2.45) is 11.7 Å². The lowest BCUT2D eigenvalue weighted by Crippen LogP contribution is -2.54. The van der Waals surface area contributed by atoms with Gasteiger partial charge in [0.25, 0.3) is 0 Å². The fourth-order valence-corrected chi connectivity index (χ4v) is 2.99. The summed E-state index contributed by atoms with van der Waals surface area (Å²) in [6.45, 7) is 3.32. The van der Waals surface area contributed by atoms with Gasteiger partial charge < -0.3 is 15.7 Å². The highest BCUT2D eigenvalue weighted by molar-refractivity contribution is 7.11. The van der Waals surface area contributed by atoms with Gasteiger partial charge in [-0.15, -0.1) is 0 Å². The molecule has 1 heterocycles. The van der Waals surface area contributed by atoms with Crippen molar-refractivity contribution in [1.82, 2.24) is 4.37 Å². The maximum absolute atomic E-state index is 12.4. The summed E-state index contributed by atoms with van der Waals surface area (Å²) in [7, 11) is 1.55. The number of likely N-dealkylation sites (N-methyl/N-ethyl adjacent to an activating group) is 1. The Morgan fingerprint density at radius 1 is 1.53 bits per heavy atom. The number of carboxylic acids is 1. The van der Waals surface area contributed by atoms with Crippen LogP contribution in [0.4, 0.5) is 5.00 Å². The highest BCUT2D eigenvalue weighted by atomic mass is 32.1. The van der Waals surface area contributed by atoms with Crippen LogP contribution < -0.4 is 10.6 Å². The van der Waals surface area contributed by atoms with E-state index in [1.165, 1.54) is 4.90 Å². The summed E-state index contributed by atoms with van der Waals surface area (Å²) in [5.74, 6) is -1.16. The third kappa shape index (κ3) is 2.35. The second-order valence-electron chi connectivity index (χ2n) is 5.17.